The number of unbranched alkanes of at least 4 members (excludes halogenated alkanes) is 1. The van der Waals surface area contributed by atoms with E-state index in [-0.39, 0.29) is 6.10 Å². The molecule has 0 aliphatic carbocycles. The summed E-state index contributed by atoms with van der Waals surface area (Å²) in [5.41, 5.74) is 0. The zero-order valence-corrected chi connectivity index (χ0v) is 7.60. The van der Waals surface area contributed by atoms with Gasteiger partial charge in [-0.15, -0.1) is 11.3 Å². The van der Waals surface area contributed by atoms with Gasteiger partial charge in [0, 0.05) is 4.88 Å². The normalized spacial score (nSPS) is 13.3. The van der Waals surface area contributed by atoms with Crippen LogP contribution < -0.4 is 0 Å². The molecule has 0 amide bonds. The van der Waals surface area contributed by atoms with E-state index in [0.29, 0.717) is 0 Å². The Kier molecular flexibility index (Phi) is 3.60. The fourth-order valence-corrected chi connectivity index (χ4v) is 1.77. The van der Waals surface area contributed by atoms with Crippen molar-refractivity contribution in [2.45, 2.75) is 32.3 Å². The molecule has 0 bridgehead atoms. The summed E-state index contributed by atoms with van der Waals surface area (Å²) in [5.74, 6) is 0. The fraction of sp³-hybridized carbons (Fsp3) is 0.556. The van der Waals surface area contributed by atoms with Crippen LogP contribution in [0.4, 0.5) is 0 Å². The van der Waals surface area contributed by atoms with E-state index in [1.165, 1.54) is 0 Å². The van der Waals surface area contributed by atoms with Crippen LogP contribution in [0.15, 0.2) is 17.5 Å². The van der Waals surface area contributed by atoms with Crippen molar-refractivity contribution < 1.29 is 5.11 Å². The maximum Gasteiger partial charge on any atom is 0.0882 e. The number of thiophene rings is 1. The van der Waals surface area contributed by atoms with E-state index in [1.807, 2.05) is 17.5 Å². The van der Waals surface area contributed by atoms with E-state index in [4.69, 9.17) is 0 Å². The first-order valence-electron chi connectivity index (χ1n) is 4.06. The Balaban J connectivity index is 2.36. The average molecular weight is 170 g/mol. The molecule has 0 unspecified atom stereocenters. The summed E-state index contributed by atoms with van der Waals surface area (Å²) < 4.78 is 0. The highest BCUT2D eigenvalue weighted by Crippen LogP contribution is 2.22. The zero-order valence-electron chi connectivity index (χ0n) is 6.79. The molecule has 1 atom stereocenters. The molecule has 0 fully saturated rings. The molecule has 0 saturated heterocycles. The van der Waals surface area contributed by atoms with Gasteiger partial charge >= 0.3 is 0 Å². The average Bonchev–Trinajstić information content (AvgIpc) is 2.52. The van der Waals surface area contributed by atoms with Gasteiger partial charge in [-0.05, 0) is 17.9 Å². The summed E-state index contributed by atoms with van der Waals surface area (Å²) in [6, 6.07) is 3.97. The van der Waals surface area contributed by atoms with E-state index in [2.05, 4.69) is 6.92 Å². The molecule has 0 radical (unpaired) electrons. The van der Waals surface area contributed by atoms with Crippen LogP contribution in [0.25, 0.3) is 0 Å². The smallest absolute Gasteiger partial charge is 0.0882 e. The van der Waals surface area contributed by atoms with Crippen LogP contribution >= 0.6 is 11.3 Å². The predicted octanol–water partition coefficient (Wildman–Crippen LogP) is 2.97. The van der Waals surface area contributed by atoms with E-state index in [1.54, 1.807) is 11.3 Å². The van der Waals surface area contributed by atoms with Crippen molar-refractivity contribution in [2.24, 2.45) is 0 Å². The third-order valence-corrected chi connectivity index (χ3v) is 2.68. The van der Waals surface area contributed by atoms with Crippen LogP contribution in [0.3, 0.4) is 0 Å². The Labute approximate surface area is 71.7 Å². The molecule has 0 aromatic carbocycles. The summed E-state index contributed by atoms with van der Waals surface area (Å²) in [5, 5.41) is 11.6. The van der Waals surface area contributed by atoms with Crippen LogP contribution in [-0.2, 0) is 0 Å². The first-order valence-corrected chi connectivity index (χ1v) is 4.94. The highest BCUT2D eigenvalue weighted by atomic mass is 32.1. The molecule has 1 rings (SSSR count). The quantitative estimate of drug-likeness (QED) is 0.736. The largest absolute Gasteiger partial charge is 0.388 e. The molecule has 0 spiro atoms. The van der Waals surface area contributed by atoms with E-state index in [0.717, 1.165) is 24.1 Å². The molecule has 1 heterocycles. The molecule has 0 saturated carbocycles. The summed E-state index contributed by atoms with van der Waals surface area (Å²) >= 11 is 1.63. The number of aliphatic hydroxyl groups excluding tert-OH is 1. The number of hydrogen-bond acceptors (Lipinski definition) is 2. The van der Waals surface area contributed by atoms with E-state index in [9.17, 15) is 5.11 Å². The Bertz CT molecular complexity index is 181. The SMILES string of the molecule is CCCC[C@@H](O)c1cccs1. The van der Waals surface area contributed by atoms with Gasteiger partial charge < -0.3 is 5.11 Å². The van der Waals surface area contributed by atoms with Crippen molar-refractivity contribution in [3.8, 4) is 0 Å². The summed E-state index contributed by atoms with van der Waals surface area (Å²) in [6.45, 7) is 2.14. The van der Waals surface area contributed by atoms with Crippen LogP contribution in [0.5, 0.6) is 0 Å². The Hall–Kier alpha value is -0.340. The number of aliphatic hydroxyl groups is 1. The first-order chi connectivity index (χ1) is 5.34. The highest BCUT2D eigenvalue weighted by molar-refractivity contribution is 7.10. The lowest BCUT2D eigenvalue weighted by Crippen LogP contribution is -1.92. The highest BCUT2D eigenvalue weighted by Gasteiger charge is 2.06. The van der Waals surface area contributed by atoms with Gasteiger partial charge in [-0.2, -0.15) is 0 Å². The van der Waals surface area contributed by atoms with E-state index >= 15 is 0 Å². The standard InChI is InChI=1S/C9H14OS/c1-2-3-5-8(10)9-6-4-7-11-9/h4,6-8,10H,2-3,5H2,1H3/t8-/m1/s1. The summed E-state index contributed by atoms with van der Waals surface area (Å²) in [6.07, 6.45) is 2.94. The van der Waals surface area contributed by atoms with Gasteiger partial charge in [0.15, 0.2) is 0 Å². The van der Waals surface area contributed by atoms with Crippen LogP contribution in [0, 0.1) is 0 Å². The number of hydrogen-bond donors (Lipinski definition) is 1. The van der Waals surface area contributed by atoms with Crippen LogP contribution in [0.2, 0.25) is 0 Å². The van der Waals surface area contributed by atoms with Gasteiger partial charge in [-0.3, -0.25) is 0 Å². The van der Waals surface area contributed by atoms with Crippen molar-refractivity contribution in [3.63, 3.8) is 0 Å². The van der Waals surface area contributed by atoms with E-state index < -0.39 is 0 Å². The molecule has 0 aliphatic heterocycles. The second kappa shape index (κ2) is 4.52. The molecular weight excluding hydrogens is 156 g/mol. The molecule has 1 nitrogen and oxygen atoms in total. The molecule has 1 N–H and O–H groups in total. The van der Waals surface area contributed by atoms with Crippen molar-refractivity contribution in [2.75, 3.05) is 0 Å². The lowest BCUT2D eigenvalue weighted by molar-refractivity contribution is 0.168. The van der Waals surface area contributed by atoms with Crippen LogP contribution in [-0.4, -0.2) is 5.11 Å². The molecule has 0 aliphatic rings. The number of rotatable bonds is 4. The lowest BCUT2D eigenvalue weighted by Gasteiger charge is -2.05. The van der Waals surface area contributed by atoms with Crippen molar-refractivity contribution >= 4 is 11.3 Å². The lowest BCUT2D eigenvalue weighted by atomic mass is 10.1. The van der Waals surface area contributed by atoms with Gasteiger partial charge in [0.2, 0.25) is 0 Å². The molecule has 1 aromatic heterocycles. The fourth-order valence-electron chi connectivity index (χ4n) is 1.02. The van der Waals surface area contributed by atoms with Gasteiger partial charge in [0.1, 0.15) is 0 Å². The maximum absolute atomic E-state index is 9.55. The second-order valence-electron chi connectivity index (χ2n) is 2.67. The van der Waals surface area contributed by atoms with Crippen LogP contribution in [0.1, 0.15) is 37.2 Å². The van der Waals surface area contributed by atoms with Gasteiger partial charge in [-0.1, -0.05) is 25.8 Å². The Morgan fingerprint density at radius 1 is 1.64 bits per heavy atom. The predicted molar refractivity (Wildman–Crippen MR) is 48.8 cm³/mol. The minimum Gasteiger partial charge on any atom is -0.388 e. The van der Waals surface area contributed by atoms with Crippen molar-refractivity contribution in [1.29, 1.82) is 0 Å². The molecule has 62 valence electrons. The third kappa shape index (κ3) is 2.64. The van der Waals surface area contributed by atoms with Crippen molar-refractivity contribution in [3.05, 3.63) is 22.4 Å². The molecule has 2 heteroatoms. The maximum atomic E-state index is 9.55. The topological polar surface area (TPSA) is 20.2 Å². The monoisotopic (exact) mass is 170 g/mol. The zero-order chi connectivity index (χ0) is 8.10. The van der Waals surface area contributed by atoms with Gasteiger partial charge in [-0.25, -0.2) is 0 Å². The molecule has 1 aromatic rings. The second-order valence-corrected chi connectivity index (χ2v) is 3.65. The molecular formula is C9H14OS. The van der Waals surface area contributed by atoms with Gasteiger partial charge in [0.05, 0.1) is 6.10 Å². The molecule has 11 heavy (non-hydrogen) atoms. The van der Waals surface area contributed by atoms with Gasteiger partial charge in [0.25, 0.3) is 0 Å². The minimum atomic E-state index is -0.227. The first kappa shape index (κ1) is 8.75. The Morgan fingerprint density at radius 3 is 3.00 bits per heavy atom. The van der Waals surface area contributed by atoms with Crippen molar-refractivity contribution in [1.82, 2.24) is 0 Å². The minimum absolute atomic E-state index is 0.227. The summed E-state index contributed by atoms with van der Waals surface area (Å²) in [4.78, 5) is 1.10. The summed E-state index contributed by atoms with van der Waals surface area (Å²) in [7, 11) is 0. The Morgan fingerprint density at radius 2 is 2.45 bits per heavy atom. The third-order valence-electron chi connectivity index (χ3n) is 1.70.